The van der Waals surface area contributed by atoms with Gasteiger partial charge in [0.1, 0.15) is 11.0 Å². The van der Waals surface area contributed by atoms with Crippen LogP contribution in [0.25, 0.3) is 0 Å². The van der Waals surface area contributed by atoms with Crippen LogP contribution in [0.5, 0.6) is 0 Å². The maximum Gasteiger partial charge on any atom is 0.255 e. The fraction of sp³-hybridized carbons (Fsp3) is 0.500. The summed E-state index contributed by atoms with van der Waals surface area (Å²) in [6, 6.07) is 1.02. The molecule has 1 aliphatic heterocycles. The van der Waals surface area contributed by atoms with Gasteiger partial charge < -0.3 is 15.2 Å². The Morgan fingerprint density at radius 2 is 2.26 bits per heavy atom. The van der Waals surface area contributed by atoms with Crippen molar-refractivity contribution in [2.45, 2.75) is 18.4 Å². The normalized spacial score (nSPS) is 18.1. The Morgan fingerprint density at radius 1 is 1.58 bits per heavy atom. The van der Waals surface area contributed by atoms with Gasteiger partial charge in [-0.2, -0.15) is 0 Å². The van der Waals surface area contributed by atoms with E-state index < -0.39 is 17.3 Å². The van der Waals surface area contributed by atoms with E-state index in [2.05, 4.69) is 10.3 Å². The highest BCUT2D eigenvalue weighted by Gasteiger charge is 2.34. The second-order valence-electron chi connectivity index (χ2n) is 4.50. The van der Waals surface area contributed by atoms with Crippen LogP contribution in [0.1, 0.15) is 23.2 Å². The summed E-state index contributed by atoms with van der Waals surface area (Å²) in [5.41, 5.74) is -0.786. The average molecular weight is 289 g/mol. The lowest BCUT2D eigenvalue weighted by molar-refractivity contribution is 0.0125. The molecule has 0 bridgehead atoms. The molecule has 0 spiro atoms. The number of pyridine rings is 1. The molecule has 7 heteroatoms. The van der Waals surface area contributed by atoms with E-state index in [1.807, 2.05) is 0 Å². The zero-order valence-electron chi connectivity index (χ0n) is 10.2. The van der Waals surface area contributed by atoms with Crippen LogP contribution in [0, 0.1) is 5.82 Å². The zero-order chi connectivity index (χ0) is 13.9. The lowest BCUT2D eigenvalue weighted by Crippen LogP contribution is -2.54. The molecule has 1 aromatic rings. The molecule has 0 atom stereocenters. The highest BCUT2D eigenvalue weighted by Crippen LogP contribution is 2.22. The summed E-state index contributed by atoms with van der Waals surface area (Å²) in [4.78, 5) is 15.7. The van der Waals surface area contributed by atoms with Gasteiger partial charge in [-0.25, -0.2) is 9.37 Å². The topological polar surface area (TPSA) is 71.5 Å². The van der Waals surface area contributed by atoms with Crippen molar-refractivity contribution in [2.75, 3.05) is 19.8 Å². The SMILES string of the molecule is O=C(NC1(CO)CCOCC1)c1cc(F)cnc1Cl. The standard InChI is InChI=1S/C12H14ClFN2O3/c13-10-9(5-8(14)6-15-10)11(18)16-12(7-17)1-3-19-4-2-12/h5-6,17H,1-4,7H2,(H,16,18). The van der Waals surface area contributed by atoms with Crippen molar-refractivity contribution >= 4 is 17.5 Å². The summed E-state index contributed by atoms with van der Waals surface area (Å²) in [6.07, 6.45) is 1.93. The number of aromatic nitrogens is 1. The largest absolute Gasteiger partial charge is 0.394 e. The second kappa shape index (κ2) is 5.81. The number of halogens is 2. The van der Waals surface area contributed by atoms with Gasteiger partial charge in [0.05, 0.1) is 23.9 Å². The molecule has 19 heavy (non-hydrogen) atoms. The summed E-state index contributed by atoms with van der Waals surface area (Å²) in [7, 11) is 0. The Kier molecular flexibility index (Phi) is 4.34. The third-order valence-electron chi connectivity index (χ3n) is 3.18. The summed E-state index contributed by atoms with van der Waals surface area (Å²) < 4.78 is 18.3. The number of aliphatic hydroxyl groups is 1. The van der Waals surface area contributed by atoms with E-state index in [1.165, 1.54) is 0 Å². The van der Waals surface area contributed by atoms with E-state index in [4.69, 9.17) is 16.3 Å². The summed E-state index contributed by atoms with van der Waals surface area (Å²) in [5, 5.41) is 12.1. The van der Waals surface area contributed by atoms with Crippen molar-refractivity contribution in [3.8, 4) is 0 Å². The fourth-order valence-corrected chi connectivity index (χ4v) is 2.16. The highest BCUT2D eigenvalue weighted by molar-refractivity contribution is 6.32. The van der Waals surface area contributed by atoms with E-state index in [0.29, 0.717) is 26.1 Å². The number of amides is 1. The monoisotopic (exact) mass is 288 g/mol. The first-order valence-corrected chi connectivity index (χ1v) is 6.26. The quantitative estimate of drug-likeness (QED) is 0.819. The second-order valence-corrected chi connectivity index (χ2v) is 4.85. The van der Waals surface area contributed by atoms with Gasteiger partial charge >= 0.3 is 0 Å². The summed E-state index contributed by atoms with van der Waals surface area (Å²) in [5.74, 6) is -1.19. The Labute approximate surface area is 114 Å². The Morgan fingerprint density at radius 3 is 2.89 bits per heavy atom. The molecule has 104 valence electrons. The number of nitrogens with zero attached hydrogens (tertiary/aromatic N) is 1. The Balaban J connectivity index is 2.17. The minimum absolute atomic E-state index is 0.0408. The molecule has 1 amide bonds. The van der Waals surface area contributed by atoms with Gasteiger partial charge in [-0.05, 0) is 18.9 Å². The average Bonchev–Trinajstić information content (AvgIpc) is 2.42. The van der Waals surface area contributed by atoms with Crippen LogP contribution in [0.15, 0.2) is 12.3 Å². The van der Waals surface area contributed by atoms with Crippen LogP contribution >= 0.6 is 11.6 Å². The predicted molar refractivity (Wildman–Crippen MR) is 66.5 cm³/mol. The van der Waals surface area contributed by atoms with Gasteiger partial charge in [0.2, 0.25) is 0 Å². The van der Waals surface area contributed by atoms with Crippen molar-refractivity contribution < 1.29 is 19.0 Å². The van der Waals surface area contributed by atoms with E-state index in [-0.39, 0.29) is 17.3 Å². The predicted octanol–water partition coefficient (Wildman–Crippen LogP) is 1.15. The van der Waals surface area contributed by atoms with Crippen molar-refractivity contribution in [1.29, 1.82) is 0 Å². The van der Waals surface area contributed by atoms with E-state index >= 15 is 0 Å². The number of aliphatic hydroxyl groups excluding tert-OH is 1. The van der Waals surface area contributed by atoms with Crippen molar-refractivity contribution in [2.24, 2.45) is 0 Å². The minimum atomic E-state index is -0.745. The number of ether oxygens (including phenoxy) is 1. The molecule has 2 heterocycles. The van der Waals surface area contributed by atoms with Gasteiger partial charge in [-0.1, -0.05) is 11.6 Å². The molecule has 2 N–H and O–H groups in total. The highest BCUT2D eigenvalue weighted by atomic mass is 35.5. The van der Waals surface area contributed by atoms with Crippen molar-refractivity contribution in [1.82, 2.24) is 10.3 Å². The first kappa shape index (κ1) is 14.2. The lowest BCUT2D eigenvalue weighted by Gasteiger charge is -2.36. The lowest BCUT2D eigenvalue weighted by atomic mass is 9.90. The maximum absolute atomic E-state index is 13.1. The van der Waals surface area contributed by atoms with Gasteiger partial charge in [-0.3, -0.25) is 4.79 Å². The van der Waals surface area contributed by atoms with Crippen LogP contribution in [0.2, 0.25) is 5.15 Å². The first-order valence-electron chi connectivity index (χ1n) is 5.88. The zero-order valence-corrected chi connectivity index (χ0v) is 10.9. The third kappa shape index (κ3) is 3.20. The smallest absolute Gasteiger partial charge is 0.255 e. The molecule has 0 aromatic carbocycles. The number of nitrogens with one attached hydrogen (secondary N) is 1. The van der Waals surface area contributed by atoms with Crippen LogP contribution in [0.4, 0.5) is 4.39 Å². The van der Waals surface area contributed by atoms with Gasteiger partial charge in [0.15, 0.2) is 0 Å². The number of carbonyl (C=O) groups excluding carboxylic acids is 1. The van der Waals surface area contributed by atoms with Crippen LogP contribution < -0.4 is 5.32 Å². The number of carbonyl (C=O) groups is 1. The molecule has 0 saturated carbocycles. The van der Waals surface area contributed by atoms with Gasteiger partial charge in [0, 0.05) is 13.2 Å². The molecular weight excluding hydrogens is 275 g/mol. The minimum Gasteiger partial charge on any atom is -0.394 e. The van der Waals surface area contributed by atoms with E-state index in [9.17, 15) is 14.3 Å². The molecule has 5 nitrogen and oxygen atoms in total. The molecule has 2 rings (SSSR count). The first-order chi connectivity index (χ1) is 9.06. The molecule has 1 aliphatic rings. The Hall–Kier alpha value is -1.24. The number of hydrogen-bond donors (Lipinski definition) is 2. The Bertz CT molecular complexity index is 478. The maximum atomic E-state index is 13.1. The van der Waals surface area contributed by atoms with Crippen molar-refractivity contribution in [3.63, 3.8) is 0 Å². The molecule has 1 aromatic heterocycles. The van der Waals surface area contributed by atoms with Gasteiger partial charge in [0.25, 0.3) is 5.91 Å². The molecule has 1 fully saturated rings. The van der Waals surface area contributed by atoms with Crippen LogP contribution in [0.3, 0.4) is 0 Å². The van der Waals surface area contributed by atoms with Crippen LogP contribution in [-0.4, -0.2) is 41.4 Å². The summed E-state index contributed by atoms with van der Waals surface area (Å²) in [6.45, 7) is 0.703. The van der Waals surface area contributed by atoms with Crippen LogP contribution in [-0.2, 0) is 4.74 Å². The fourth-order valence-electron chi connectivity index (χ4n) is 1.97. The molecule has 0 radical (unpaired) electrons. The molecule has 0 aliphatic carbocycles. The number of rotatable bonds is 3. The summed E-state index contributed by atoms with van der Waals surface area (Å²) >= 11 is 5.77. The van der Waals surface area contributed by atoms with Crippen molar-refractivity contribution in [3.05, 3.63) is 28.8 Å². The molecule has 1 saturated heterocycles. The van der Waals surface area contributed by atoms with E-state index in [0.717, 1.165) is 12.3 Å². The third-order valence-corrected chi connectivity index (χ3v) is 3.48. The van der Waals surface area contributed by atoms with Gasteiger partial charge in [-0.15, -0.1) is 0 Å². The molecule has 0 unspecified atom stereocenters. The molecular formula is C12H14ClFN2O3. The van der Waals surface area contributed by atoms with E-state index in [1.54, 1.807) is 0 Å². The number of hydrogen-bond acceptors (Lipinski definition) is 4.